The van der Waals surface area contributed by atoms with E-state index >= 15 is 0 Å². The topological polar surface area (TPSA) is 66.9 Å². The molecule has 2 saturated heterocycles. The first-order valence-electron chi connectivity index (χ1n) is 9.32. The molecule has 0 radical (unpaired) electrons. The smallest absolute Gasteiger partial charge is 0.241 e. The number of rotatable bonds is 4. The third-order valence-corrected chi connectivity index (χ3v) is 7.22. The lowest BCUT2D eigenvalue weighted by Crippen LogP contribution is -2.61. The fraction of sp³-hybridized carbons (Fsp3) is 0.381. The molecule has 4 rings (SSSR count). The molecule has 6 nitrogen and oxygen atoms in total. The number of carbonyl (C=O) groups excluding carboxylic acids is 1. The van der Waals surface area contributed by atoms with E-state index in [2.05, 4.69) is 6.07 Å². The van der Waals surface area contributed by atoms with Crippen molar-refractivity contribution in [2.75, 3.05) is 30.1 Å². The zero-order chi connectivity index (χ0) is 19.9. The highest BCUT2D eigenvalue weighted by molar-refractivity contribution is 7.91. The van der Waals surface area contributed by atoms with Crippen LogP contribution in [0.5, 0.6) is 5.75 Å². The minimum absolute atomic E-state index is 0.000245. The highest BCUT2D eigenvalue weighted by Crippen LogP contribution is 2.33. The molecule has 0 spiro atoms. The van der Waals surface area contributed by atoms with Gasteiger partial charge in [-0.15, -0.1) is 0 Å². The van der Waals surface area contributed by atoms with Gasteiger partial charge in [-0.2, -0.15) is 0 Å². The molecule has 7 heteroatoms. The van der Waals surface area contributed by atoms with E-state index in [4.69, 9.17) is 4.74 Å². The highest BCUT2D eigenvalue weighted by atomic mass is 32.2. The fourth-order valence-corrected chi connectivity index (χ4v) is 6.24. The van der Waals surface area contributed by atoms with Crippen molar-refractivity contribution in [1.29, 1.82) is 0 Å². The van der Waals surface area contributed by atoms with Crippen molar-refractivity contribution in [3.8, 4) is 5.75 Å². The Labute approximate surface area is 165 Å². The monoisotopic (exact) mass is 400 g/mol. The van der Waals surface area contributed by atoms with Crippen molar-refractivity contribution in [3.05, 3.63) is 59.7 Å². The fourth-order valence-electron chi connectivity index (χ4n) is 4.25. The van der Waals surface area contributed by atoms with Crippen LogP contribution >= 0.6 is 0 Å². The Morgan fingerprint density at radius 1 is 1.07 bits per heavy atom. The molecule has 0 N–H and O–H groups in total. The van der Waals surface area contributed by atoms with E-state index < -0.39 is 9.84 Å². The van der Waals surface area contributed by atoms with Crippen molar-refractivity contribution in [1.82, 2.24) is 4.90 Å². The van der Waals surface area contributed by atoms with Crippen LogP contribution in [0.25, 0.3) is 0 Å². The number of benzene rings is 2. The van der Waals surface area contributed by atoms with Crippen LogP contribution in [-0.4, -0.2) is 56.5 Å². The van der Waals surface area contributed by atoms with Gasteiger partial charge in [-0.3, -0.25) is 9.69 Å². The van der Waals surface area contributed by atoms with E-state index in [1.165, 1.54) is 0 Å². The number of aryl methyl sites for hydroxylation is 1. The van der Waals surface area contributed by atoms with Gasteiger partial charge in [0, 0.05) is 18.3 Å². The van der Waals surface area contributed by atoms with Gasteiger partial charge < -0.3 is 9.64 Å². The summed E-state index contributed by atoms with van der Waals surface area (Å²) in [6, 6.07) is 14.8. The molecule has 2 unspecified atom stereocenters. The Hall–Kier alpha value is -2.38. The summed E-state index contributed by atoms with van der Waals surface area (Å²) in [6.07, 6.45) is 0. The first kappa shape index (κ1) is 19.0. The molecule has 28 heavy (non-hydrogen) atoms. The summed E-state index contributed by atoms with van der Waals surface area (Å²) in [6.45, 7) is 2.80. The third-order valence-electron chi connectivity index (χ3n) is 5.52. The Kier molecular flexibility index (Phi) is 4.89. The molecule has 0 aromatic heterocycles. The van der Waals surface area contributed by atoms with Crippen LogP contribution < -0.4 is 9.64 Å². The van der Waals surface area contributed by atoms with Gasteiger partial charge in [-0.1, -0.05) is 29.8 Å². The van der Waals surface area contributed by atoms with Crippen molar-refractivity contribution >= 4 is 21.4 Å². The maximum absolute atomic E-state index is 13.0. The van der Waals surface area contributed by atoms with Crippen LogP contribution in [-0.2, 0) is 21.2 Å². The van der Waals surface area contributed by atoms with E-state index in [9.17, 15) is 13.2 Å². The van der Waals surface area contributed by atoms with Crippen LogP contribution in [0.4, 0.5) is 5.69 Å². The number of amides is 1. The Bertz CT molecular complexity index is 988. The number of ether oxygens (including phenoxy) is 1. The molecule has 2 aromatic carbocycles. The normalized spacial score (nSPS) is 24.2. The predicted octanol–water partition coefficient (Wildman–Crippen LogP) is 2.02. The lowest BCUT2D eigenvalue weighted by Gasteiger charge is -2.43. The van der Waals surface area contributed by atoms with Crippen molar-refractivity contribution < 1.29 is 17.9 Å². The number of nitrogens with zero attached hydrogens (tertiary/aromatic N) is 2. The molecule has 2 aliphatic heterocycles. The number of fused-ring (bicyclic) bond motifs is 1. The molecular weight excluding hydrogens is 376 g/mol. The van der Waals surface area contributed by atoms with Gasteiger partial charge in [0.1, 0.15) is 5.75 Å². The molecular formula is C21H24N2O4S. The summed E-state index contributed by atoms with van der Waals surface area (Å²) in [5, 5.41) is 0. The lowest BCUT2D eigenvalue weighted by molar-refractivity contribution is -0.123. The number of methoxy groups -OCH3 is 1. The second kappa shape index (κ2) is 7.22. The molecule has 0 aliphatic carbocycles. The molecule has 2 aromatic rings. The quantitative estimate of drug-likeness (QED) is 0.786. The minimum atomic E-state index is -3.20. The molecule has 2 aliphatic rings. The van der Waals surface area contributed by atoms with Gasteiger partial charge in [-0.05, 0) is 36.8 Å². The summed E-state index contributed by atoms with van der Waals surface area (Å²) >= 11 is 0. The zero-order valence-electron chi connectivity index (χ0n) is 16.0. The van der Waals surface area contributed by atoms with Crippen LogP contribution in [0.15, 0.2) is 48.5 Å². The minimum Gasteiger partial charge on any atom is -0.497 e. The van der Waals surface area contributed by atoms with Crippen molar-refractivity contribution in [2.24, 2.45) is 0 Å². The number of sulfone groups is 1. The second-order valence-electron chi connectivity index (χ2n) is 7.57. The van der Waals surface area contributed by atoms with Gasteiger partial charge >= 0.3 is 0 Å². The van der Waals surface area contributed by atoms with Crippen LogP contribution in [0.1, 0.15) is 11.1 Å². The van der Waals surface area contributed by atoms with Gasteiger partial charge in [0.25, 0.3) is 0 Å². The number of carbonyl (C=O) groups is 1. The molecule has 1 amide bonds. The standard InChI is InChI=1S/C21H24N2O4S/c1-15-4-3-5-16(10-15)11-22-12-21(24)23(17-6-8-18(27-2)9-7-17)20-14-28(25,26)13-19(20)22/h3-10,19-20H,11-14H2,1-2H3. The summed E-state index contributed by atoms with van der Waals surface area (Å²) in [5.74, 6) is 0.712. The van der Waals surface area contributed by atoms with Crippen LogP contribution in [0.3, 0.4) is 0 Å². The number of hydrogen-bond acceptors (Lipinski definition) is 5. The van der Waals surface area contributed by atoms with E-state index in [1.54, 1.807) is 24.1 Å². The van der Waals surface area contributed by atoms with E-state index in [-0.39, 0.29) is 36.0 Å². The third kappa shape index (κ3) is 3.64. The van der Waals surface area contributed by atoms with Gasteiger partial charge in [0.05, 0.1) is 31.2 Å². The van der Waals surface area contributed by atoms with E-state index in [0.717, 1.165) is 11.1 Å². The number of piperazine rings is 1. The van der Waals surface area contributed by atoms with Gasteiger partial charge in [-0.25, -0.2) is 8.42 Å². The Balaban J connectivity index is 1.65. The SMILES string of the molecule is COc1ccc(N2C(=O)CN(Cc3cccc(C)c3)C3CS(=O)(=O)CC32)cc1. The summed E-state index contributed by atoms with van der Waals surface area (Å²) < 4.78 is 30.1. The largest absolute Gasteiger partial charge is 0.497 e. The van der Waals surface area contributed by atoms with Gasteiger partial charge in [0.2, 0.25) is 5.91 Å². The second-order valence-corrected chi connectivity index (χ2v) is 9.72. The van der Waals surface area contributed by atoms with Crippen molar-refractivity contribution in [2.45, 2.75) is 25.6 Å². The number of hydrogen-bond donors (Lipinski definition) is 0. The summed E-state index contributed by atoms with van der Waals surface area (Å²) in [4.78, 5) is 16.7. The number of anilines is 1. The molecule has 0 bridgehead atoms. The first-order chi connectivity index (χ1) is 13.4. The maximum Gasteiger partial charge on any atom is 0.241 e. The Morgan fingerprint density at radius 3 is 2.46 bits per heavy atom. The lowest BCUT2D eigenvalue weighted by atomic mass is 10.0. The average Bonchev–Trinajstić information content (AvgIpc) is 2.97. The molecule has 2 atom stereocenters. The first-order valence-corrected chi connectivity index (χ1v) is 11.1. The molecule has 2 fully saturated rings. The van der Waals surface area contributed by atoms with E-state index in [0.29, 0.717) is 18.0 Å². The average molecular weight is 401 g/mol. The van der Waals surface area contributed by atoms with Crippen LogP contribution in [0.2, 0.25) is 0 Å². The maximum atomic E-state index is 13.0. The molecule has 0 saturated carbocycles. The van der Waals surface area contributed by atoms with Crippen LogP contribution in [0, 0.1) is 6.92 Å². The highest BCUT2D eigenvalue weighted by Gasteiger charge is 2.49. The predicted molar refractivity (Wildman–Crippen MR) is 108 cm³/mol. The van der Waals surface area contributed by atoms with Crippen molar-refractivity contribution in [3.63, 3.8) is 0 Å². The molecule has 148 valence electrons. The Morgan fingerprint density at radius 2 is 1.79 bits per heavy atom. The van der Waals surface area contributed by atoms with E-state index in [1.807, 2.05) is 42.2 Å². The zero-order valence-corrected chi connectivity index (χ0v) is 16.9. The van der Waals surface area contributed by atoms with Gasteiger partial charge in [0.15, 0.2) is 9.84 Å². The molecule has 2 heterocycles. The summed E-state index contributed by atoms with van der Waals surface area (Å²) in [5.41, 5.74) is 2.96. The summed E-state index contributed by atoms with van der Waals surface area (Å²) in [7, 11) is -1.61.